The zero-order chi connectivity index (χ0) is 29.8. The summed E-state index contributed by atoms with van der Waals surface area (Å²) in [5.41, 5.74) is 3.67. The van der Waals surface area contributed by atoms with Crippen molar-refractivity contribution in [3.8, 4) is 22.9 Å². The summed E-state index contributed by atoms with van der Waals surface area (Å²) in [4.78, 5) is 30.6. The number of carbonyl (C=O) groups is 1. The molecule has 1 heterocycles. The Hall–Kier alpha value is -3.50. The Morgan fingerprint density at radius 1 is 1.10 bits per heavy atom. The molecule has 0 bridgehead atoms. The number of hydrogen-bond acceptors (Lipinski definition) is 7. The van der Waals surface area contributed by atoms with Gasteiger partial charge in [0, 0.05) is 5.56 Å². The molecule has 0 fully saturated rings. The van der Waals surface area contributed by atoms with Gasteiger partial charge in [-0.05, 0) is 112 Å². The van der Waals surface area contributed by atoms with Gasteiger partial charge in [-0.1, -0.05) is 26.0 Å². The first-order chi connectivity index (χ1) is 19.5. The second-order valence-corrected chi connectivity index (χ2v) is 11.4. The zero-order valence-corrected chi connectivity index (χ0v) is 26.9. The van der Waals surface area contributed by atoms with Crippen LogP contribution in [0.4, 0.5) is 0 Å². The van der Waals surface area contributed by atoms with Crippen LogP contribution in [0.3, 0.4) is 0 Å². The van der Waals surface area contributed by atoms with E-state index in [4.69, 9.17) is 19.2 Å². The lowest BCUT2D eigenvalue weighted by Crippen LogP contribution is -2.26. The number of fused-ring (bicyclic) bond motifs is 1. The first kappa shape index (κ1) is 30.5. The van der Waals surface area contributed by atoms with E-state index in [9.17, 15) is 9.59 Å². The van der Waals surface area contributed by atoms with Crippen LogP contribution in [-0.4, -0.2) is 41.7 Å². The molecule has 8 nitrogen and oxygen atoms in total. The number of ether oxygens (including phenoxy) is 3. The number of nitrogens with zero attached hydrogens (tertiary/aromatic N) is 3. The summed E-state index contributed by atoms with van der Waals surface area (Å²) in [6.07, 6.45) is 0.785. The quantitative estimate of drug-likeness (QED) is 0.136. The first-order valence-electron chi connectivity index (χ1n) is 13.1. The van der Waals surface area contributed by atoms with E-state index in [2.05, 4.69) is 50.8 Å². The molecule has 0 radical (unpaired) electrons. The van der Waals surface area contributed by atoms with E-state index in [1.165, 1.54) is 4.68 Å². The molecule has 0 aliphatic rings. The minimum Gasteiger partial charge on any atom is -0.496 e. The van der Waals surface area contributed by atoms with Crippen molar-refractivity contribution in [3.63, 3.8) is 0 Å². The summed E-state index contributed by atoms with van der Waals surface area (Å²) in [5.74, 6) is 1.39. The fourth-order valence-electron chi connectivity index (χ4n) is 4.35. The Kier molecular flexibility index (Phi) is 9.65. The SMILES string of the molecule is CCOC(=O)[C@@H](C)Oc1c(Br)cc(C=Nn2c(-c3cc(C(C)C)c(OC)cc3C)nc3ccccc3c2=O)cc1Br. The lowest BCUT2D eigenvalue weighted by molar-refractivity contribution is -0.150. The third-order valence-corrected chi connectivity index (χ3v) is 7.63. The van der Waals surface area contributed by atoms with Gasteiger partial charge in [0.2, 0.25) is 0 Å². The number of methoxy groups -OCH3 is 1. The van der Waals surface area contributed by atoms with Crippen molar-refractivity contribution in [2.24, 2.45) is 5.10 Å². The number of para-hydroxylation sites is 1. The highest BCUT2D eigenvalue weighted by atomic mass is 79.9. The van der Waals surface area contributed by atoms with Gasteiger partial charge >= 0.3 is 5.97 Å². The van der Waals surface area contributed by atoms with E-state index in [1.54, 1.807) is 51.4 Å². The normalized spacial score (nSPS) is 12.2. The molecule has 4 rings (SSSR count). The van der Waals surface area contributed by atoms with Crippen LogP contribution in [-0.2, 0) is 9.53 Å². The van der Waals surface area contributed by atoms with Crippen molar-refractivity contribution in [1.82, 2.24) is 9.66 Å². The number of aromatic nitrogens is 2. The highest BCUT2D eigenvalue weighted by molar-refractivity contribution is 9.11. The third-order valence-electron chi connectivity index (χ3n) is 6.45. The highest BCUT2D eigenvalue weighted by Gasteiger charge is 2.20. The van der Waals surface area contributed by atoms with E-state index >= 15 is 0 Å². The second-order valence-electron chi connectivity index (χ2n) is 9.70. The molecule has 0 N–H and O–H groups in total. The van der Waals surface area contributed by atoms with Crippen LogP contribution in [0.1, 0.15) is 50.3 Å². The molecule has 0 amide bonds. The van der Waals surface area contributed by atoms with Crippen molar-refractivity contribution in [1.29, 1.82) is 0 Å². The number of aryl methyl sites for hydroxylation is 1. The van der Waals surface area contributed by atoms with Gasteiger partial charge in [0.15, 0.2) is 11.9 Å². The fourth-order valence-corrected chi connectivity index (χ4v) is 5.76. The van der Waals surface area contributed by atoms with Crippen LogP contribution in [0.15, 0.2) is 67.4 Å². The summed E-state index contributed by atoms with van der Waals surface area (Å²) in [6.45, 7) is 9.77. The molecule has 10 heteroatoms. The standard InChI is InChI=1S/C31H31Br2N3O5/c1-7-40-31(38)19(5)41-28-24(32)13-20(14-25(28)33)16-34-36-29(35-26-11-9-8-10-21(26)30(36)37)23-15-22(17(2)3)27(39-6)12-18(23)4/h8-17,19H,7H2,1-6H3/t19-/m1/s1. The Bertz CT molecular complexity index is 1670. The van der Waals surface area contributed by atoms with Gasteiger partial charge in [-0.3, -0.25) is 4.79 Å². The lowest BCUT2D eigenvalue weighted by atomic mass is 9.96. The van der Waals surface area contributed by atoms with Crippen LogP contribution < -0.4 is 15.0 Å². The predicted molar refractivity (Wildman–Crippen MR) is 168 cm³/mol. The van der Waals surface area contributed by atoms with Crippen molar-refractivity contribution >= 4 is 54.9 Å². The van der Waals surface area contributed by atoms with Gasteiger partial charge in [0.1, 0.15) is 11.5 Å². The zero-order valence-electron chi connectivity index (χ0n) is 23.7. The Labute approximate surface area is 255 Å². The number of esters is 1. The van der Waals surface area contributed by atoms with E-state index in [-0.39, 0.29) is 18.1 Å². The number of carbonyl (C=O) groups excluding carboxylic acids is 1. The van der Waals surface area contributed by atoms with Crippen LogP contribution in [0.5, 0.6) is 11.5 Å². The summed E-state index contributed by atoms with van der Waals surface area (Å²) in [5, 5.41) is 5.08. The molecule has 0 aliphatic carbocycles. The van der Waals surface area contributed by atoms with E-state index in [0.717, 1.165) is 22.4 Å². The molecule has 41 heavy (non-hydrogen) atoms. The van der Waals surface area contributed by atoms with Crippen molar-refractivity contribution in [2.75, 3.05) is 13.7 Å². The molecule has 4 aromatic rings. The van der Waals surface area contributed by atoms with Crippen LogP contribution in [0, 0.1) is 6.92 Å². The maximum atomic E-state index is 13.7. The van der Waals surface area contributed by atoms with Crippen molar-refractivity contribution < 1.29 is 19.0 Å². The Morgan fingerprint density at radius 3 is 2.41 bits per heavy atom. The molecule has 0 spiro atoms. The molecule has 3 aromatic carbocycles. The fraction of sp³-hybridized carbons (Fsp3) is 0.290. The average Bonchev–Trinajstić information content (AvgIpc) is 2.94. The minimum atomic E-state index is -0.796. The summed E-state index contributed by atoms with van der Waals surface area (Å²) in [7, 11) is 1.65. The minimum absolute atomic E-state index is 0.190. The second kappa shape index (κ2) is 13.0. The smallest absolute Gasteiger partial charge is 0.347 e. The monoisotopic (exact) mass is 683 g/mol. The largest absolute Gasteiger partial charge is 0.496 e. The van der Waals surface area contributed by atoms with Gasteiger partial charge in [0.05, 0.1) is 39.8 Å². The van der Waals surface area contributed by atoms with E-state index in [1.807, 2.05) is 31.2 Å². The molecule has 1 atom stereocenters. The lowest BCUT2D eigenvalue weighted by Gasteiger charge is -2.17. The number of benzene rings is 3. The number of halogens is 2. The number of rotatable bonds is 9. The molecule has 214 valence electrons. The first-order valence-corrected chi connectivity index (χ1v) is 14.7. The van der Waals surface area contributed by atoms with Gasteiger partial charge in [-0.25, -0.2) is 9.78 Å². The topological polar surface area (TPSA) is 92.0 Å². The molecular formula is C31H31Br2N3O5. The summed E-state index contributed by atoms with van der Waals surface area (Å²) < 4.78 is 19.0. The molecular weight excluding hydrogens is 654 g/mol. The average molecular weight is 685 g/mol. The highest BCUT2D eigenvalue weighted by Crippen LogP contribution is 2.36. The van der Waals surface area contributed by atoms with Crippen LogP contribution in [0.2, 0.25) is 0 Å². The van der Waals surface area contributed by atoms with Gasteiger partial charge < -0.3 is 14.2 Å². The van der Waals surface area contributed by atoms with Crippen LogP contribution >= 0.6 is 31.9 Å². The van der Waals surface area contributed by atoms with Crippen LogP contribution in [0.25, 0.3) is 22.3 Å². The summed E-state index contributed by atoms with van der Waals surface area (Å²) >= 11 is 7.04. The predicted octanol–water partition coefficient (Wildman–Crippen LogP) is 7.24. The maximum absolute atomic E-state index is 13.7. The molecule has 0 aliphatic heterocycles. The maximum Gasteiger partial charge on any atom is 0.347 e. The van der Waals surface area contributed by atoms with Gasteiger partial charge in [-0.15, -0.1) is 0 Å². The molecule has 0 saturated carbocycles. The molecule has 0 saturated heterocycles. The Balaban J connectivity index is 1.83. The number of hydrogen-bond donors (Lipinski definition) is 0. The van der Waals surface area contributed by atoms with Crippen molar-refractivity contribution in [2.45, 2.75) is 46.6 Å². The van der Waals surface area contributed by atoms with Gasteiger partial charge in [0.25, 0.3) is 5.56 Å². The molecule has 0 unspecified atom stereocenters. The van der Waals surface area contributed by atoms with E-state index in [0.29, 0.717) is 37.0 Å². The van der Waals surface area contributed by atoms with Crippen molar-refractivity contribution in [3.05, 3.63) is 84.5 Å². The summed E-state index contributed by atoms with van der Waals surface area (Å²) in [6, 6.07) is 14.8. The van der Waals surface area contributed by atoms with E-state index < -0.39 is 12.1 Å². The Morgan fingerprint density at radius 2 is 1.78 bits per heavy atom. The third kappa shape index (κ3) is 6.54. The molecule has 1 aromatic heterocycles. The van der Waals surface area contributed by atoms with Gasteiger partial charge in [-0.2, -0.15) is 9.78 Å².